The van der Waals surface area contributed by atoms with Crippen LogP contribution >= 0.6 is 0 Å². The molecule has 2 aliphatic carbocycles. The number of rotatable bonds is 9. The molecule has 0 aromatic heterocycles. The van der Waals surface area contributed by atoms with Crippen LogP contribution in [-0.4, -0.2) is 11.8 Å². The monoisotopic (exact) mass is 386 g/mol. The van der Waals surface area contributed by atoms with Gasteiger partial charge in [-0.25, -0.2) is 0 Å². The van der Waals surface area contributed by atoms with Gasteiger partial charge < -0.3 is 0 Å². The molecule has 0 spiro atoms. The van der Waals surface area contributed by atoms with Gasteiger partial charge in [0.15, 0.2) is 0 Å². The smallest absolute Gasteiger partial charge is 0.194 e. The second kappa shape index (κ2) is 9.93. The summed E-state index contributed by atoms with van der Waals surface area (Å²) < 4.78 is 56.2. The van der Waals surface area contributed by atoms with Gasteiger partial charge in [0.05, 0.1) is 0 Å². The summed E-state index contributed by atoms with van der Waals surface area (Å²) in [6.07, 6.45) is 16.9. The van der Waals surface area contributed by atoms with E-state index in [1.54, 1.807) is 6.08 Å². The van der Waals surface area contributed by atoms with Crippen LogP contribution in [0.1, 0.15) is 84.5 Å². The highest BCUT2D eigenvalue weighted by molar-refractivity contribution is 5.42. The molecule has 0 aliphatic heterocycles. The van der Waals surface area contributed by atoms with E-state index in [1.807, 2.05) is 0 Å². The maximum Gasteiger partial charge on any atom is 0.339 e. The number of allylic oxidation sites excluding steroid dienone is 6. The maximum atomic E-state index is 14.1. The van der Waals surface area contributed by atoms with E-state index in [9.17, 15) is 17.6 Å². The van der Waals surface area contributed by atoms with Crippen molar-refractivity contribution in [1.29, 1.82) is 0 Å². The summed E-state index contributed by atoms with van der Waals surface area (Å²) in [6.45, 7) is 3.70. The fourth-order valence-electron chi connectivity index (χ4n) is 4.32. The zero-order chi connectivity index (χ0) is 19.9. The molecule has 0 nitrogen and oxygen atoms in total. The number of hydrogen-bond acceptors (Lipinski definition) is 0. The summed E-state index contributed by atoms with van der Waals surface area (Å²) in [4.78, 5) is 0. The van der Waals surface area contributed by atoms with Crippen molar-refractivity contribution in [3.8, 4) is 0 Å². The van der Waals surface area contributed by atoms with Crippen LogP contribution in [0.2, 0.25) is 0 Å². The minimum absolute atomic E-state index is 0.0722. The quantitative estimate of drug-likeness (QED) is 0.276. The number of unbranched alkanes of at least 4 members (excludes halogenated alkanes) is 2. The average Bonchev–Trinajstić information content (AvgIpc) is 2.64. The lowest BCUT2D eigenvalue weighted by atomic mass is 9.78. The summed E-state index contributed by atoms with van der Waals surface area (Å²) in [5.41, 5.74) is -1.08. The molecule has 154 valence electrons. The molecule has 27 heavy (non-hydrogen) atoms. The molecule has 0 unspecified atom stereocenters. The molecule has 1 saturated carbocycles. The fraction of sp³-hybridized carbons (Fsp3) is 0.739. The van der Waals surface area contributed by atoms with Crippen molar-refractivity contribution >= 4 is 0 Å². The van der Waals surface area contributed by atoms with Gasteiger partial charge in [-0.2, -0.15) is 17.6 Å². The first-order valence-electron chi connectivity index (χ1n) is 10.7. The molecule has 0 bridgehead atoms. The Balaban J connectivity index is 1.78. The minimum Gasteiger partial charge on any atom is -0.194 e. The van der Waals surface area contributed by atoms with E-state index in [2.05, 4.69) is 6.92 Å². The lowest BCUT2D eigenvalue weighted by molar-refractivity contribution is -0.162. The fourth-order valence-corrected chi connectivity index (χ4v) is 4.32. The molecule has 0 atom stereocenters. The van der Waals surface area contributed by atoms with Crippen molar-refractivity contribution < 1.29 is 17.6 Å². The van der Waals surface area contributed by atoms with Gasteiger partial charge in [0, 0.05) is 11.1 Å². The largest absolute Gasteiger partial charge is 0.339 e. The van der Waals surface area contributed by atoms with Gasteiger partial charge >= 0.3 is 11.8 Å². The molecular weight excluding hydrogens is 352 g/mol. The average molecular weight is 387 g/mol. The molecule has 0 aromatic carbocycles. The van der Waals surface area contributed by atoms with Gasteiger partial charge in [0.25, 0.3) is 0 Å². The first kappa shape index (κ1) is 22.2. The molecule has 4 heteroatoms. The van der Waals surface area contributed by atoms with Gasteiger partial charge in [-0.05, 0) is 31.1 Å². The molecule has 1 fully saturated rings. The van der Waals surface area contributed by atoms with Crippen LogP contribution in [0.15, 0.2) is 35.5 Å². The van der Waals surface area contributed by atoms with E-state index in [4.69, 9.17) is 0 Å². The van der Waals surface area contributed by atoms with E-state index < -0.39 is 23.0 Å². The molecule has 0 heterocycles. The molecule has 2 rings (SSSR count). The van der Waals surface area contributed by atoms with E-state index >= 15 is 0 Å². The molecule has 0 amide bonds. The van der Waals surface area contributed by atoms with E-state index in [-0.39, 0.29) is 6.42 Å². The summed E-state index contributed by atoms with van der Waals surface area (Å²) in [7, 11) is 0. The Morgan fingerprint density at radius 2 is 1.52 bits per heavy atom. The molecule has 0 radical (unpaired) electrons. The van der Waals surface area contributed by atoms with Crippen molar-refractivity contribution in [2.45, 2.75) is 96.3 Å². The summed E-state index contributed by atoms with van der Waals surface area (Å²) in [6, 6.07) is 0. The first-order chi connectivity index (χ1) is 12.8. The third-order valence-electron chi connectivity index (χ3n) is 6.23. The van der Waals surface area contributed by atoms with Gasteiger partial charge in [0.2, 0.25) is 0 Å². The van der Waals surface area contributed by atoms with Crippen LogP contribution in [0.25, 0.3) is 0 Å². The Bertz CT molecular complexity index is 549. The Morgan fingerprint density at radius 1 is 0.889 bits per heavy atom. The second-order valence-electron chi connectivity index (χ2n) is 8.18. The highest BCUT2D eigenvalue weighted by Crippen LogP contribution is 2.48. The second-order valence-corrected chi connectivity index (χ2v) is 8.18. The van der Waals surface area contributed by atoms with Crippen molar-refractivity contribution in [1.82, 2.24) is 0 Å². The van der Waals surface area contributed by atoms with E-state index in [1.165, 1.54) is 64.4 Å². The highest BCUT2D eigenvalue weighted by atomic mass is 19.3. The van der Waals surface area contributed by atoms with Crippen LogP contribution in [0.5, 0.6) is 0 Å². The third kappa shape index (κ3) is 5.48. The topological polar surface area (TPSA) is 0 Å². The van der Waals surface area contributed by atoms with Crippen LogP contribution in [0, 0.1) is 11.8 Å². The van der Waals surface area contributed by atoms with Crippen LogP contribution in [0.3, 0.4) is 0 Å². The molecule has 0 N–H and O–H groups in total. The number of halogens is 4. The standard InChI is InChI=1S/C23H34F4/c1-3-5-6-9-18-12-14-19(15-13-18)10-7-8-11-21-17-16-20(4-2)22(24,25)23(21,26)27/h8,11,16-19H,3-7,9-10,12-15H2,1-2H3/b11-8+. The predicted octanol–water partition coefficient (Wildman–Crippen LogP) is 8.26. The predicted molar refractivity (Wildman–Crippen MR) is 104 cm³/mol. The SMILES string of the molecule is CCCCCC1CCC(CC/C=C/C2=CC=C(CC)C(F)(F)C2(F)F)CC1. The Morgan fingerprint density at radius 3 is 2.11 bits per heavy atom. The van der Waals surface area contributed by atoms with Gasteiger partial charge in [0.1, 0.15) is 0 Å². The maximum absolute atomic E-state index is 14.1. The summed E-state index contributed by atoms with van der Waals surface area (Å²) in [5, 5.41) is 0. The molecule has 0 saturated heterocycles. The Hall–Kier alpha value is -1.06. The Kier molecular flexibility index (Phi) is 8.18. The normalized spacial score (nSPS) is 27.5. The molecular formula is C23H34F4. The third-order valence-corrected chi connectivity index (χ3v) is 6.23. The van der Waals surface area contributed by atoms with E-state index in [0.29, 0.717) is 12.3 Å². The lowest BCUT2D eigenvalue weighted by Crippen LogP contribution is -2.44. The van der Waals surface area contributed by atoms with Crippen molar-refractivity contribution in [3.63, 3.8) is 0 Å². The first-order valence-corrected chi connectivity index (χ1v) is 10.7. The zero-order valence-electron chi connectivity index (χ0n) is 16.8. The van der Waals surface area contributed by atoms with Crippen molar-refractivity contribution in [3.05, 3.63) is 35.5 Å². The van der Waals surface area contributed by atoms with Gasteiger partial charge in [-0.3, -0.25) is 0 Å². The number of alkyl halides is 4. The number of hydrogen-bond donors (Lipinski definition) is 0. The van der Waals surface area contributed by atoms with Crippen LogP contribution < -0.4 is 0 Å². The highest BCUT2D eigenvalue weighted by Gasteiger charge is 2.60. The minimum atomic E-state index is -4.12. The Labute approximate surface area is 161 Å². The van der Waals surface area contributed by atoms with Crippen LogP contribution in [0.4, 0.5) is 17.6 Å². The lowest BCUT2D eigenvalue weighted by Gasteiger charge is -2.32. The summed E-state index contributed by atoms with van der Waals surface area (Å²) in [5.74, 6) is -6.71. The summed E-state index contributed by atoms with van der Waals surface area (Å²) >= 11 is 0. The zero-order valence-corrected chi connectivity index (χ0v) is 16.8. The van der Waals surface area contributed by atoms with Gasteiger partial charge in [-0.15, -0.1) is 0 Å². The van der Waals surface area contributed by atoms with Crippen molar-refractivity contribution in [2.75, 3.05) is 0 Å². The van der Waals surface area contributed by atoms with Gasteiger partial charge in [-0.1, -0.05) is 89.5 Å². The molecule has 0 aromatic rings. The van der Waals surface area contributed by atoms with Crippen LogP contribution in [-0.2, 0) is 0 Å². The molecule has 2 aliphatic rings. The van der Waals surface area contributed by atoms with Crippen molar-refractivity contribution in [2.24, 2.45) is 11.8 Å². The van der Waals surface area contributed by atoms with E-state index in [0.717, 1.165) is 24.5 Å².